The molecule has 92 valence electrons. The summed E-state index contributed by atoms with van der Waals surface area (Å²) in [6, 6.07) is 4.58. The van der Waals surface area contributed by atoms with Crippen molar-refractivity contribution in [1.82, 2.24) is 9.88 Å². The van der Waals surface area contributed by atoms with Crippen molar-refractivity contribution in [2.45, 2.75) is 18.9 Å². The number of aromatic amines is 1. The van der Waals surface area contributed by atoms with Gasteiger partial charge in [0.2, 0.25) is 0 Å². The van der Waals surface area contributed by atoms with Crippen LogP contribution in [-0.2, 0) is 6.42 Å². The summed E-state index contributed by atoms with van der Waals surface area (Å²) < 4.78 is 0. The van der Waals surface area contributed by atoms with Crippen molar-refractivity contribution >= 4 is 28.1 Å². The molecule has 0 fully saturated rings. The van der Waals surface area contributed by atoms with E-state index in [1.165, 1.54) is 27.6 Å². The minimum absolute atomic E-state index is 0.491. The smallest absolute Gasteiger partial charge is 0.0489 e. The number of fused-ring (bicyclic) bond motifs is 2. The molecule has 4 rings (SSSR count). The van der Waals surface area contributed by atoms with Gasteiger partial charge in [-0.3, -0.25) is 4.90 Å². The standard InChI is InChI=1S/C15H15ClN2/c1-18-6-2-3-10-13(18)7-9-8-17-12-5-4-11(16)15(10)14(9)12/h3-5,8,13,17H,2,6-7H2,1H3/t13-/m1/s1. The number of rotatable bonds is 0. The van der Waals surface area contributed by atoms with Gasteiger partial charge in [-0.15, -0.1) is 0 Å². The third kappa shape index (κ3) is 1.28. The van der Waals surface area contributed by atoms with Crippen LogP contribution in [-0.4, -0.2) is 29.5 Å². The van der Waals surface area contributed by atoms with Crippen LogP contribution in [0, 0.1) is 0 Å². The Hall–Kier alpha value is -1.25. The minimum atomic E-state index is 0.491. The van der Waals surface area contributed by atoms with E-state index in [2.05, 4.69) is 35.3 Å². The van der Waals surface area contributed by atoms with Crippen LogP contribution < -0.4 is 0 Å². The molecule has 0 spiro atoms. The maximum Gasteiger partial charge on any atom is 0.0489 e. The predicted octanol–water partition coefficient (Wildman–Crippen LogP) is 3.46. The summed E-state index contributed by atoms with van der Waals surface area (Å²) in [4.78, 5) is 5.81. The van der Waals surface area contributed by atoms with Crippen molar-refractivity contribution in [1.29, 1.82) is 0 Å². The van der Waals surface area contributed by atoms with Crippen LogP contribution in [0.2, 0.25) is 5.02 Å². The summed E-state index contributed by atoms with van der Waals surface area (Å²) >= 11 is 6.46. The first-order valence-corrected chi connectivity index (χ1v) is 6.82. The van der Waals surface area contributed by atoms with Gasteiger partial charge in [0.25, 0.3) is 0 Å². The molecule has 1 aliphatic heterocycles. The molecule has 1 aliphatic carbocycles. The van der Waals surface area contributed by atoms with Crippen molar-refractivity contribution in [3.8, 4) is 0 Å². The topological polar surface area (TPSA) is 19.0 Å². The molecule has 1 aromatic heterocycles. The second-order valence-electron chi connectivity index (χ2n) is 5.31. The summed E-state index contributed by atoms with van der Waals surface area (Å²) in [5, 5.41) is 2.22. The van der Waals surface area contributed by atoms with Crippen LogP contribution in [0.15, 0.2) is 24.4 Å². The van der Waals surface area contributed by atoms with Crippen LogP contribution >= 0.6 is 11.6 Å². The average molecular weight is 259 g/mol. The number of halogens is 1. The first-order chi connectivity index (χ1) is 8.75. The van der Waals surface area contributed by atoms with E-state index in [-0.39, 0.29) is 0 Å². The zero-order valence-electron chi connectivity index (χ0n) is 10.3. The number of nitrogens with zero attached hydrogens (tertiary/aromatic N) is 1. The Labute approximate surface area is 111 Å². The molecule has 1 N–H and O–H groups in total. The number of H-pyrrole nitrogens is 1. The average Bonchev–Trinajstić information content (AvgIpc) is 2.78. The SMILES string of the molecule is CN1CCC=C2c3c(Cl)ccc4[nH]cc(c34)C[C@H]21. The zero-order chi connectivity index (χ0) is 12.3. The molecule has 2 heterocycles. The molecule has 0 saturated carbocycles. The Balaban J connectivity index is 2.08. The van der Waals surface area contributed by atoms with Gasteiger partial charge in [0.15, 0.2) is 0 Å². The Bertz CT molecular complexity index is 668. The van der Waals surface area contributed by atoms with Crippen molar-refractivity contribution in [2.75, 3.05) is 13.6 Å². The van der Waals surface area contributed by atoms with Gasteiger partial charge < -0.3 is 4.98 Å². The van der Waals surface area contributed by atoms with Gasteiger partial charge in [-0.1, -0.05) is 17.7 Å². The molecule has 1 aromatic carbocycles. The predicted molar refractivity (Wildman–Crippen MR) is 76.0 cm³/mol. The first kappa shape index (κ1) is 10.7. The van der Waals surface area contributed by atoms with E-state index in [1.54, 1.807) is 0 Å². The molecular weight excluding hydrogens is 244 g/mol. The maximum absolute atomic E-state index is 6.46. The normalized spacial score (nSPS) is 23.0. The lowest BCUT2D eigenvalue weighted by Gasteiger charge is -2.37. The highest BCUT2D eigenvalue weighted by Gasteiger charge is 2.32. The summed E-state index contributed by atoms with van der Waals surface area (Å²) in [7, 11) is 2.21. The first-order valence-electron chi connectivity index (χ1n) is 6.45. The quantitative estimate of drug-likeness (QED) is 0.767. The second-order valence-corrected chi connectivity index (χ2v) is 5.71. The molecule has 1 atom stereocenters. The molecule has 2 nitrogen and oxygen atoms in total. The highest BCUT2D eigenvalue weighted by Crippen LogP contribution is 2.43. The van der Waals surface area contributed by atoms with Gasteiger partial charge in [0.05, 0.1) is 0 Å². The monoisotopic (exact) mass is 258 g/mol. The van der Waals surface area contributed by atoms with Crippen molar-refractivity contribution in [2.24, 2.45) is 0 Å². The molecule has 2 aromatic rings. The highest BCUT2D eigenvalue weighted by atomic mass is 35.5. The number of benzene rings is 1. The Morgan fingerprint density at radius 1 is 1.39 bits per heavy atom. The zero-order valence-corrected chi connectivity index (χ0v) is 11.1. The van der Waals surface area contributed by atoms with E-state index in [9.17, 15) is 0 Å². The van der Waals surface area contributed by atoms with Crippen LogP contribution in [0.5, 0.6) is 0 Å². The van der Waals surface area contributed by atoms with E-state index in [0.29, 0.717) is 6.04 Å². The van der Waals surface area contributed by atoms with Crippen LogP contribution in [0.4, 0.5) is 0 Å². The fourth-order valence-corrected chi connectivity index (χ4v) is 3.67. The van der Waals surface area contributed by atoms with E-state index in [4.69, 9.17) is 11.6 Å². The van der Waals surface area contributed by atoms with Gasteiger partial charge in [-0.2, -0.15) is 0 Å². The largest absolute Gasteiger partial charge is 0.361 e. The minimum Gasteiger partial charge on any atom is -0.361 e. The fraction of sp³-hybridized carbons (Fsp3) is 0.333. The Morgan fingerprint density at radius 3 is 3.17 bits per heavy atom. The van der Waals surface area contributed by atoms with Gasteiger partial charge in [-0.05, 0) is 43.2 Å². The van der Waals surface area contributed by atoms with Crippen LogP contribution in [0.3, 0.4) is 0 Å². The number of aromatic nitrogens is 1. The van der Waals surface area contributed by atoms with Crippen molar-refractivity contribution in [3.63, 3.8) is 0 Å². The fourth-order valence-electron chi connectivity index (χ4n) is 3.41. The molecule has 18 heavy (non-hydrogen) atoms. The Morgan fingerprint density at radius 2 is 2.28 bits per heavy atom. The number of likely N-dealkylation sites (N-methyl/N-ethyl adjacent to an activating group) is 1. The van der Waals surface area contributed by atoms with E-state index >= 15 is 0 Å². The molecule has 3 heteroatoms. The maximum atomic E-state index is 6.46. The summed E-state index contributed by atoms with van der Waals surface area (Å²) in [5.41, 5.74) is 5.29. The lowest BCUT2D eigenvalue weighted by molar-refractivity contribution is 0.282. The Kier molecular flexibility index (Phi) is 2.14. The van der Waals surface area contributed by atoms with Gasteiger partial charge >= 0.3 is 0 Å². The molecule has 0 bridgehead atoms. The number of hydrogen-bond donors (Lipinski definition) is 1. The molecule has 0 amide bonds. The van der Waals surface area contributed by atoms with Crippen molar-refractivity contribution < 1.29 is 0 Å². The second kappa shape index (κ2) is 3.62. The molecule has 0 unspecified atom stereocenters. The summed E-state index contributed by atoms with van der Waals surface area (Å²) in [5.74, 6) is 0. The third-order valence-corrected chi connectivity index (χ3v) is 4.63. The van der Waals surface area contributed by atoms with E-state index in [0.717, 1.165) is 24.4 Å². The van der Waals surface area contributed by atoms with Crippen LogP contribution in [0.1, 0.15) is 17.5 Å². The number of hydrogen-bond acceptors (Lipinski definition) is 1. The van der Waals surface area contributed by atoms with E-state index in [1.807, 2.05) is 6.07 Å². The molecule has 0 saturated heterocycles. The van der Waals surface area contributed by atoms with Crippen molar-refractivity contribution in [3.05, 3.63) is 40.6 Å². The van der Waals surface area contributed by atoms with E-state index < -0.39 is 0 Å². The lowest BCUT2D eigenvalue weighted by atomic mass is 9.82. The third-order valence-electron chi connectivity index (χ3n) is 4.32. The number of nitrogens with one attached hydrogen (secondary N) is 1. The molecule has 0 radical (unpaired) electrons. The lowest BCUT2D eigenvalue weighted by Crippen LogP contribution is -2.39. The highest BCUT2D eigenvalue weighted by molar-refractivity contribution is 6.34. The van der Waals surface area contributed by atoms with Gasteiger partial charge in [0, 0.05) is 40.3 Å². The molecular formula is C15H15ClN2. The summed E-state index contributed by atoms with van der Waals surface area (Å²) in [6.07, 6.45) is 6.73. The molecule has 2 aliphatic rings. The van der Waals surface area contributed by atoms with Gasteiger partial charge in [0.1, 0.15) is 0 Å². The summed E-state index contributed by atoms with van der Waals surface area (Å²) in [6.45, 7) is 1.14. The van der Waals surface area contributed by atoms with Crippen LogP contribution in [0.25, 0.3) is 16.5 Å². The van der Waals surface area contributed by atoms with Gasteiger partial charge in [-0.25, -0.2) is 0 Å².